The van der Waals surface area contributed by atoms with E-state index in [0.29, 0.717) is 52.0 Å². The summed E-state index contributed by atoms with van der Waals surface area (Å²) < 4.78 is 16.6. The number of aromatic nitrogens is 2. The molecule has 7 heteroatoms. The number of halogens is 2. The van der Waals surface area contributed by atoms with Crippen molar-refractivity contribution in [3.63, 3.8) is 0 Å². The van der Waals surface area contributed by atoms with Gasteiger partial charge in [-0.05, 0) is 50.2 Å². The van der Waals surface area contributed by atoms with Crippen molar-refractivity contribution in [2.75, 3.05) is 13.2 Å². The Bertz CT molecular complexity index is 881. The largest absolute Gasteiger partial charge is 0.490 e. The van der Waals surface area contributed by atoms with Crippen molar-refractivity contribution >= 4 is 23.2 Å². The molecule has 1 heterocycles. The van der Waals surface area contributed by atoms with Crippen LogP contribution >= 0.6 is 23.2 Å². The molecule has 0 radical (unpaired) electrons. The summed E-state index contributed by atoms with van der Waals surface area (Å²) in [6.07, 6.45) is 0. The first kappa shape index (κ1) is 17.6. The van der Waals surface area contributed by atoms with E-state index in [1.165, 1.54) is 0 Å². The molecule has 0 N–H and O–H groups in total. The van der Waals surface area contributed by atoms with Crippen LogP contribution in [-0.2, 0) is 0 Å². The molecule has 0 aliphatic carbocycles. The molecular weight excluding hydrogens is 363 g/mol. The molecule has 0 bridgehead atoms. The van der Waals surface area contributed by atoms with Gasteiger partial charge in [0.05, 0.1) is 18.2 Å². The lowest BCUT2D eigenvalue weighted by Crippen LogP contribution is -1.98. The van der Waals surface area contributed by atoms with E-state index in [-0.39, 0.29) is 0 Å². The monoisotopic (exact) mass is 378 g/mol. The van der Waals surface area contributed by atoms with E-state index < -0.39 is 0 Å². The molecule has 0 saturated heterocycles. The Kier molecular flexibility index (Phi) is 5.46. The highest BCUT2D eigenvalue weighted by molar-refractivity contribution is 6.36. The van der Waals surface area contributed by atoms with E-state index >= 15 is 0 Å². The van der Waals surface area contributed by atoms with Crippen molar-refractivity contribution in [3.8, 4) is 34.3 Å². The van der Waals surface area contributed by atoms with Crippen molar-refractivity contribution in [1.82, 2.24) is 10.1 Å². The molecule has 1 aromatic heterocycles. The van der Waals surface area contributed by atoms with E-state index in [0.717, 1.165) is 5.56 Å². The Morgan fingerprint density at radius 1 is 0.960 bits per heavy atom. The van der Waals surface area contributed by atoms with Crippen LogP contribution in [0.25, 0.3) is 22.8 Å². The van der Waals surface area contributed by atoms with Crippen LogP contribution in [0.3, 0.4) is 0 Å². The molecule has 5 nitrogen and oxygen atoms in total. The Balaban J connectivity index is 1.95. The molecular formula is C18H16Cl2N2O3. The van der Waals surface area contributed by atoms with Gasteiger partial charge in [0.25, 0.3) is 5.89 Å². The summed E-state index contributed by atoms with van der Waals surface area (Å²) in [6.45, 7) is 4.91. The van der Waals surface area contributed by atoms with Gasteiger partial charge in [0.1, 0.15) is 0 Å². The molecule has 0 unspecified atom stereocenters. The van der Waals surface area contributed by atoms with Crippen molar-refractivity contribution < 1.29 is 14.0 Å². The van der Waals surface area contributed by atoms with E-state index in [4.69, 9.17) is 37.2 Å². The van der Waals surface area contributed by atoms with Gasteiger partial charge in [0.15, 0.2) is 11.5 Å². The highest BCUT2D eigenvalue weighted by atomic mass is 35.5. The Morgan fingerprint density at radius 2 is 1.72 bits per heavy atom. The number of hydrogen-bond acceptors (Lipinski definition) is 5. The molecule has 0 aliphatic heterocycles. The first-order valence-corrected chi connectivity index (χ1v) is 8.57. The van der Waals surface area contributed by atoms with Crippen molar-refractivity contribution in [2.24, 2.45) is 0 Å². The van der Waals surface area contributed by atoms with Gasteiger partial charge in [0, 0.05) is 16.1 Å². The SMILES string of the molecule is CCOc1ccc(-c2nc(-c3ccc(Cl)cc3Cl)no2)cc1OCC. The van der Waals surface area contributed by atoms with Crippen LogP contribution in [0.2, 0.25) is 10.0 Å². The van der Waals surface area contributed by atoms with Crippen molar-refractivity contribution in [3.05, 3.63) is 46.4 Å². The van der Waals surface area contributed by atoms with Crippen LogP contribution in [0.4, 0.5) is 0 Å². The number of nitrogens with zero attached hydrogens (tertiary/aromatic N) is 2. The quantitative estimate of drug-likeness (QED) is 0.565. The maximum atomic E-state index is 6.20. The fraction of sp³-hybridized carbons (Fsp3) is 0.222. The zero-order chi connectivity index (χ0) is 17.8. The van der Waals surface area contributed by atoms with Crippen LogP contribution in [0.1, 0.15) is 13.8 Å². The third-order valence-corrected chi connectivity index (χ3v) is 3.94. The zero-order valence-electron chi connectivity index (χ0n) is 13.8. The van der Waals surface area contributed by atoms with Gasteiger partial charge in [-0.2, -0.15) is 4.98 Å². The topological polar surface area (TPSA) is 57.4 Å². The minimum absolute atomic E-state index is 0.366. The molecule has 3 aromatic rings. The normalized spacial score (nSPS) is 10.7. The van der Waals surface area contributed by atoms with E-state index in [1.54, 1.807) is 18.2 Å². The van der Waals surface area contributed by atoms with Gasteiger partial charge < -0.3 is 14.0 Å². The van der Waals surface area contributed by atoms with Crippen LogP contribution in [0.15, 0.2) is 40.9 Å². The number of ether oxygens (including phenoxy) is 2. The maximum Gasteiger partial charge on any atom is 0.258 e. The molecule has 0 atom stereocenters. The van der Waals surface area contributed by atoms with E-state index in [1.807, 2.05) is 32.0 Å². The standard InChI is InChI=1S/C18H16Cl2N2O3/c1-3-23-15-8-5-11(9-16(15)24-4-2)18-21-17(22-25-18)13-7-6-12(19)10-14(13)20/h5-10H,3-4H2,1-2H3. The molecule has 0 saturated carbocycles. The molecule has 0 spiro atoms. The lowest BCUT2D eigenvalue weighted by Gasteiger charge is -2.11. The molecule has 0 amide bonds. The number of hydrogen-bond donors (Lipinski definition) is 0. The highest BCUT2D eigenvalue weighted by Gasteiger charge is 2.15. The Morgan fingerprint density at radius 3 is 2.44 bits per heavy atom. The zero-order valence-corrected chi connectivity index (χ0v) is 15.3. The summed E-state index contributed by atoms with van der Waals surface area (Å²) in [5.74, 6) is 2.06. The Labute approximate surface area is 155 Å². The summed E-state index contributed by atoms with van der Waals surface area (Å²) in [6, 6.07) is 10.6. The third-order valence-electron chi connectivity index (χ3n) is 3.39. The van der Waals surface area contributed by atoms with Gasteiger partial charge in [-0.1, -0.05) is 28.4 Å². The smallest absolute Gasteiger partial charge is 0.258 e. The van der Waals surface area contributed by atoms with Crippen LogP contribution in [0, 0.1) is 0 Å². The second kappa shape index (κ2) is 7.76. The minimum Gasteiger partial charge on any atom is -0.490 e. The number of benzene rings is 2. The first-order chi connectivity index (χ1) is 12.1. The van der Waals surface area contributed by atoms with E-state index in [2.05, 4.69) is 10.1 Å². The maximum absolute atomic E-state index is 6.20. The fourth-order valence-electron chi connectivity index (χ4n) is 2.31. The predicted molar refractivity (Wildman–Crippen MR) is 97.5 cm³/mol. The van der Waals surface area contributed by atoms with Crippen LogP contribution < -0.4 is 9.47 Å². The lowest BCUT2D eigenvalue weighted by atomic mass is 10.2. The van der Waals surface area contributed by atoms with Gasteiger partial charge >= 0.3 is 0 Å². The summed E-state index contributed by atoms with van der Waals surface area (Å²) >= 11 is 12.1. The number of rotatable bonds is 6. The summed E-state index contributed by atoms with van der Waals surface area (Å²) in [5, 5.41) is 5.01. The second-order valence-corrected chi connectivity index (χ2v) is 5.92. The van der Waals surface area contributed by atoms with Crippen molar-refractivity contribution in [1.29, 1.82) is 0 Å². The van der Waals surface area contributed by atoms with Gasteiger partial charge in [-0.15, -0.1) is 0 Å². The molecule has 3 rings (SSSR count). The molecule has 2 aromatic carbocycles. The lowest BCUT2D eigenvalue weighted by molar-refractivity contribution is 0.288. The molecule has 0 aliphatic rings. The average Bonchev–Trinajstić information content (AvgIpc) is 3.06. The second-order valence-electron chi connectivity index (χ2n) is 5.07. The fourth-order valence-corrected chi connectivity index (χ4v) is 2.80. The summed E-state index contributed by atoms with van der Waals surface area (Å²) in [4.78, 5) is 4.42. The van der Waals surface area contributed by atoms with Gasteiger partial charge in [0.2, 0.25) is 5.82 Å². The van der Waals surface area contributed by atoms with E-state index in [9.17, 15) is 0 Å². The minimum atomic E-state index is 0.366. The molecule has 0 fully saturated rings. The highest BCUT2D eigenvalue weighted by Crippen LogP contribution is 2.34. The first-order valence-electron chi connectivity index (χ1n) is 7.81. The molecule has 25 heavy (non-hydrogen) atoms. The Hall–Kier alpha value is -2.24. The van der Waals surface area contributed by atoms with Crippen LogP contribution in [0.5, 0.6) is 11.5 Å². The van der Waals surface area contributed by atoms with Crippen molar-refractivity contribution in [2.45, 2.75) is 13.8 Å². The summed E-state index contributed by atoms with van der Waals surface area (Å²) in [7, 11) is 0. The predicted octanol–water partition coefficient (Wildman–Crippen LogP) is 5.51. The van der Waals surface area contributed by atoms with Crippen LogP contribution in [-0.4, -0.2) is 23.4 Å². The average molecular weight is 379 g/mol. The molecule has 130 valence electrons. The third kappa shape index (κ3) is 3.89. The summed E-state index contributed by atoms with van der Waals surface area (Å²) in [5.41, 5.74) is 1.38. The van der Waals surface area contributed by atoms with Gasteiger partial charge in [-0.3, -0.25) is 0 Å². The van der Waals surface area contributed by atoms with Gasteiger partial charge in [-0.25, -0.2) is 0 Å².